The van der Waals surface area contributed by atoms with Gasteiger partial charge < -0.3 is 9.73 Å². The van der Waals surface area contributed by atoms with Crippen molar-refractivity contribution < 1.29 is 12.8 Å². The van der Waals surface area contributed by atoms with Crippen LogP contribution in [0.5, 0.6) is 0 Å². The van der Waals surface area contributed by atoms with E-state index in [1.54, 1.807) is 6.07 Å². The van der Waals surface area contributed by atoms with Gasteiger partial charge in [-0.05, 0) is 25.1 Å². The van der Waals surface area contributed by atoms with Gasteiger partial charge in [-0.15, -0.1) is 0 Å². The molecule has 1 heterocycles. The minimum absolute atomic E-state index is 0.183. The number of primary sulfonamides is 1. The van der Waals surface area contributed by atoms with Crippen LogP contribution in [-0.4, -0.2) is 15.0 Å². The van der Waals surface area contributed by atoms with Crippen molar-refractivity contribution in [2.75, 3.05) is 6.54 Å². The maximum absolute atomic E-state index is 10.9. The molecule has 0 saturated heterocycles. The van der Waals surface area contributed by atoms with Crippen molar-refractivity contribution in [3.05, 3.63) is 17.9 Å². The van der Waals surface area contributed by atoms with Gasteiger partial charge >= 0.3 is 0 Å². The van der Waals surface area contributed by atoms with Crippen LogP contribution in [0.2, 0.25) is 0 Å². The Kier molecular flexibility index (Phi) is 4.98. The molecule has 1 aromatic rings. The van der Waals surface area contributed by atoms with Gasteiger partial charge in [0.15, 0.2) is 0 Å². The average Bonchev–Trinajstić information content (AvgIpc) is 2.65. The third kappa shape index (κ3) is 4.34. The molecule has 16 heavy (non-hydrogen) atoms. The molecule has 3 N–H and O–H groups in total. The largest absolute Gasteiger partial charge is 0.447 e. The van der Waals surface area contributed by atoms with Crippen LogP contribution in [0.4, 0.5) is 0 Å². The molecule has 0 aliphatic heterocycles. The van der Waals surface area contributed by atoms with E-state index in [2.05, 4.69) is 12.2 Å². The highest BCUT2D eigenvalue weighted by Crippen LogP contribution is 2.11. The molecule has 0 bridgehead atoms. The Morgan fingerprint density at radius 1 is 1.38 bits per heavy atom. The van der Waals surface area contributed by atoms with Gasteiger partial charge in [0.25, 0.3) is 10.0 Å². The SMILES string of the molecule is CCCCCNCc1ccc(S(N)(=O)=O)o1. The summed E-state index contributed by atoms with van der Waals surface area (Å²) in [6.45, 7) is 3.57. The van der Waals surface area contributed by atoms with Crippen LogP contribution in [0.25, 0.3) is 0 Å². The van der Waals surface area contributed by atoms with Gasteiger partial charge in [0, 0.05) is 0 Å². The molecule has 1 aromatic heterocycles. The Labute approximate surface area is 96.1 Å². The number of furan rings is 1. The molecule has 0 fully saturated rings. The molecule has 0 amide bonds. The van der Waals surface area contributed by atoms with E-state index >= 15 is 0 Å². The Bertz CT molecular complexity index is 411. The van der Waals surface area contributed by atoms with Gasteiger partial charge in [-0.1, -0.05) is 19.8 Å². The van der Waals surface area contributed by atoms with Crippen LogP contribution in [0.15, 0.2) is 21.6 Å². The number of rotatable bonds is 7. The summed E-state index contributed by atoms with van der Waals surface area (Å²) in [5, 5.41) is 7.91. The molecule has 0 unspecified atom stereocenters. The van der Waals surface area contributed by atoms with E-state index < -0.39 is 10.0 Å². The number of sulfonamides is 1. The first kappa shape index (κ1) is 13.2. The summed E-state index contributed by atoms with van der Waals surface area (Å²) in [5.41, 5.74) is 0. The molecule has 5 nitrogen and oxygen atoms in total. The molecule has 0 aliphatic carbocycles. The van der Waals surface area contributed by atoms with Gasteiger partial charge in [0.1, 0.15) is 5.76 Å². The predicted octanol–water partition coefficient (Wildman–Crippen LogP) is 1.21. The van der Waals surface area contributed by atoms with E-state index in [9.17, 15) is 8.42 Å². The van der Waals surface area contributed by atoms with Crippen molar-refractivity contribution in [3.63, 3.8) is 0 Å². The smallest absolute Gasteiger partial charge is 0.271 e. The summed E-state index contributed by atoms with van der Waals surface area (Å²) >= 11 is 0. The van der Waals surface area contributed by atoms with Crippen LogP contribution in [0.3, 0.4) is 0 Å². The molecule has 6 heteroatoms. The molecule has 0 atom stereocenters. The van der Waals surface area contributed by atoms with Crippen molar-refractivity contribution in [2.24, 2.45) is 5.14 Å². The monoisotopic (exact) mass is 246 g/mol. The van der Waals surface area contributed by atoms with E-state index in [0.717, 1.165) is 13.0 Å². The molecule has 0 radical (unpaired) electrons. The van der Waals surface area contributed by atoms with Crippen molar-refractivity contribution >= 4 is 10.0 Å². The second kappa shape index (κ2) is 6.03. The average molecular weight is 246 g/mol. The Morgan fingerprint density at radius 3 is 2.69 bits per heavy atom. The van der Waals surface area contributed by atoms with E-state index in [4.69, 9.17) is 9.56 Å². The van der Waals surface area contributed by atoms with Crippen LogP contribution in [-0.2, 0) is 16.6 Å². The highest BCUT2D eigenvalue weighted by Gasteiger charge is 2.12. The minimum atomic E-state index is -3.72. The summed E-state index contributed by atoms with van der Waals surface area (Å²) in [6.07, 6.45) is 3.48. The van der Waals surface area contributed by atoms with Crippen molar-refractivity contribution in [1.82, 2.24) is 5.32 Å². The zero-order chi connectivity index (χ0) is 12.0. The van der Waals surface area contributed by atoms with Crippen molar-refractivity contribution in [1.29, 1.82) is 0 Å². The molecule has 0 saturated carbocycles. The minimum Gasteiger partial charge on any atom is -0.447 e. The Hall–Kier alpha value is -0.850. The lowest BCUT2D eigenvalue weighted by atomic mass is 10.2. The first-order chi connectivity index (χ1) is 7.54. The maximum Gasteiger partial charge on any atom is 0.271 e. The highest BCUT2D eigenvalue weighted by atomic mass is 32.2. The third-order valence-electron chi connectivity index (χ3n) is 2.17. The number of nitrogens with one attached hydrogen (secondary N) is 1. The van der Waals surface area contributed by atoms with Crippen LogP contribution < -0.4 is 10.5 Å². The summed E-state index contributed by atoms with van der Waals surface area (Å²) in [5.74, 6) is 0.584. The van der Waals surface area contributed by atoms with Gasteiger partial charge in [0.2, 0.25) is 5.09 Å². The zero-order valence-electron chi connectivity index (χ0n) is 9.40. The van der Waals surface area contributed by atoms with Crippen molar-refractivity contribution in [2.45, 2.75) is 37.8 Å². The lowest BCUT2D eigenvalue weighted by molar-refractivity contribution is 0.401. The van der Waals surface area contributed by atoms with E-state index in [-0.39, 0.29) is 5.09 Å². The summed E-state index contributed by atoms with van der Waals surface area (Å²) < 4.78 is 26.9. The number of unbranched alkanes of at least 4 members (excludes halogenated alkanes) is 2. The van der Waals surface area contributed by atoms with E-state index in [0.29, 0.717) is 12.3 Å². The van der Waals surface area contributed by atoms with Crippen LogP contribution in [0.1, 0.15) is 31.9 Å². The summed E-state index contributed by atoms with van der Waals surface area (Å²) in [6, 6.07) is 2.99. The fourth-order valence-electron chi connectivity index (χ4n) is 1.32. The quantitative estimate of drug-likeness (QED) is 0.708. The Morgan fingerprint density at radius 2 is 2.12 bits per heavy atom. The van der Waals surface area contributed by atoms with Gasteiger partial charge in [-0.2, -0.15) is 0 Å². The molecule has 1 rings (SSSR count). The first-order valence-electron chi connectivity index (χ1n) is 5.36. The first-order valence-corrected chi connectivity index (χ1v) is 6.91. The second-order valence-electron chi connectivity index (χ2n) is 3.65. The van der Waals surface area contributed by atoms with E-state index in [1.165, 1.54) is 18.9 Å². The summed E-state index contributed by atoms with van der Waals surface area (Å²) in [4.78, 5) is 0. The van der Waals surface area contributed by atoms with Crippen LogP contribution in [0, 0.1) is 0 Å². The van der Waals surface area contributed by atoms with Crippen molar-refractivity contribution in [3.8, 4) is 0 Å². The zero-order valence-corrected chi connectivity index (χ0v) is 10.2. The second-order valence-corrected chi connectivity index (χ2v) is 5.14. The third-order valence-corrected chi connectivity index (χ3v) is 2.95. The predicted molar refractivity (Wildman–Crippen MR) is 61.3 cm³/mol. The number of hydrogen-bond acceptors (Lipinski definition) is 4. The molecule has 0 aliphatic rings. The van der Waals surface area contributed by atoms with Gasteiger partial charge in [0.05, 0.1) is 6.54 Å². The summed E-state index contributed by atoms with van der Waals surface area (Å²) in [7, 11) is -3.72. The fraction of sp³-hybridized carbons (Fsp3) is 0.600. The van der Waals surface area contributed by atoms with E-state index in [1.807, 2.05) is 0 Å². The molecule has 0 aromatic carbocycles. The number of hydrogen-bond donors (Lipinski definition) is 2. The standard InChI is InChI=1S/C10H18N2O3S/c1-2-3-4-7-12-8-9-5-6-10(15-9)16(11,13)14/h5-6,12H,2-4,7-8H2,1H3,(H2,11,13,14). The highest BCUT2D eigenvalue weighted by molar-refractivity contribution is 7.89. The molecule has 0 spiro atoms. The molecular weight excluding hydrogens is 228 g/mol. The fourth-order valence-corrected chi connectivity index (χ4v) is 1.80. The van der Waals surface area contributed by atoms with Crippen LogP contribution >= 0.6 is 0 Å². The van der Waals surface area contributed by atoms with Gasteiger partial charge in [-0.25, -0.2) is 13.6 Å². The molecular formula is C10H18N2O3S. The molecule has 92 valence electrons. The topological polar surface area (TPSA) is 85.3 Å². The van der Waals surface area contributed by atoms with Gasteiger partial charge in [-0.3, -0.25) is 0 Å². The maximum atomic E-state index is 10.9. The lowest BCUT2D eigenvalue weighted by Gasteiger charge is -2.01. The normalized spacial score (nSPS) is 11.9. The Balaban J connectivity index is 2.36. The number of nitrogens with two attached hydrogens (primary N) is 1. The lowest BCUT2D eigenvalue weighted by Crippen LogP contribution is -2.14.